The van der Waals surface area contributed by atoms with Crippen molar-refractivity contribution in [2.24, 2.45) is 5.41 Å². The summed E-state index contributed by atoms with van der Waals surface area (Å²) < 4.78 is 0. The molecular weight excluding hydrogens is 307 g/mol. The lowest BCUT2D eigenvalue weighted by Gasteiger charge is -2.39. The Bertz CT molecular complexity index is 558. The van der Waals surface area contributed by atoms with Gasteiger partial charge in [0.15, 0.2) is 0 Å². The molecule has 2 N–H and O–H groups in total. The molecule has 0 radical (unpaired) electrons. The minimum Gasteiger partial charge on any atom is -0.399 e. The van der Waals surface area contributed by atoms with E-state index in [0.717, 1.165) is 25.9 Å². The first-order valence-electron chi connectivity index (χ1n) is 7.55. The smallest absolute Gasteiger partial charge is 0.255 e. The largest absolute Gasteiger partial charge is 0.399 e. The maximum absolute atomic E-state index is 12.7. The van der Waals surface area contributed by atoms with Gasteiger partial charge in [0.2, 0.25) is 0 Å². The van der Waals surface area contributed by atoms with Gasteiger partial charge in [-0.1, -0.05) is 36.0 Å². The zero-order valence-corrected chi connectivity index (χ0v) is 13.5. The van der Waals surface area contributed by atoms with Crippen LogP contribution < -0.4 is 5.73 Å². The number of carbonyl (C=O) groups excluding carboxylic acids is 1. The Morgan fingerprint density at radius 1 is 1.10 bits per heavy atom. The van der Waals surface area contributed by atoms with Crippen molar-refractivity contribution in [3.8, 4) is 0 Å². The van der Waals surface area contributed by atoms with Crippen LogP contribution >= 0.6 is 23.2 Å². The fourth-order valence-corrected chi connectivity index (χ4v) is 4.16. The number of hydrogen-bond donors (Lipinski definition) is 1. The molecule has 1 aromatic carbocycles. The molecule has 1 aliphatic carbocycles. The Kier molecular flexibility index (Phi) is 4.06. The average molecular weight is 327 g/mol. The number of amides is 1. The highest BCUT2D eigenvalue weighted by molar-refractivity contribution is 6.44. The number of nitrogens with two attached hydrogens (primary N) is 1. The molecule has 1 aromatic rings. The molecule has 5 heteroatoms. The average Bonchev–Trinajstić information content (AvgIpc) is 2.91. The lowest BCUT2D eigenvalue weighted by Crippen LogP contribution is -2.42. The van der Waals surface area contributed by atoms with E-state index >= 15 is 0 Å². The van der Waals surface area contributed by atoms with E-state index in [1.54, 1.807) is 12.1 Å². The molecular formula is C16H20Cl2N2O. The quantitative estimate of drug-likeness (QED) is 0.779. The van der Waals surface area contributed by atoms with Crippen LogP contribution in [0.2, 0.25) is 10.0 Å². The summed E-state index contributed by atoms with van der Waals surface area (Å²) in [6.07, 6.45) is 7.52. The van der Waals surface area contributed by atoms with Crippen LogP contribution in [0.4, 0.5) is 5.69 Å². The molecule has 1 aliphatic heterocycles. The fourth-order valence-electron chi connectivity index (χ4n) is 3.75. The first kappa shape index (κ1) is 15.0. The van der Waals surface area contributed by atoms with Crippen molar-refractivity contribution in [2.45, 2.75) is 38.5 Å². The van der Waals surface area contributed by atoms with Gasteiger partial charge in [-0.3, -0.25) is 4.79 Å². The van der Waals surface area contributed by atoms with Crippen molar-refractivity contribution < 1.29 is 4.79 Å². The topological polar surface area (TPSA) is 46.3 Å². The number of likely N-dealkylation sites (tertiary alicyclic amines) is 1. The molecule has 0 unspecified atom stereocenters. The zero-order valence-electron chi connectivity index (χ0n) is 12.0. The van der Waals surface area contributed by atoms with E-state index in [1.807, 2.05) is 4.90 Å². The van der Waals surface area contributed by atoms with E-state index < -0.39 is 0 Å². The van der Waals surface area contributed by atoms with E-state index in [9.17, 15) is 4.79 Å². The summed E-state index contributed by atoms with van der Waals surface area (Å²) >= 11 is 12.2. The first-order valence-corrected chi connectivity index (χ1v) is 8.30. The number of hydrogen-bond acceptors (Lipinski definition) is 2. The Morgan fingerprint density at radius 3 is 2.33 bits per heavy atom. The lowest BCUT2D eigenvalue weighted by atomic mass is 9.77. The molecule has 1 saturated carbocycles. The summed E-state index contributed by atoms with van der Waals surface area (Å²) in [5.74, 6) is -0.0537. The highest BCUT2D eigenvalue weighted by atomic mass is 35.5. The van der Waals surface area contributed by atoms with Gasteiger partial charge in [-0.15, -0.1) is 0 Å². The summed E-state index contributed by atoms with van der Waals surface area (Å²) in [6, 6.07) is 3.20. The predicted octanol–water partition coefficient (Wildman–Crippen LogP) is 4.37. The Morgan fingerprint density at radius 2 is 1.71 bits per heavy atom. The Labute approximate surface area is 135 Å². The summed E-state index contributed by atoms with van der Waals surface area (Å²) in [5, 5.41) is 0.640. The lowest BCUT2D eigenvalue weighted by molar-refractivity contribution is 0.0587. The van der Waals surface area contributed by atoms with Gasteiger partial charge in [-0.05, 0) is 43.2 Å². The molecule has 1 saturated heterocycles. The Hall–Kier alpha value is -0.930. The number of benzene rings is 1. The van der Waals surface area contributed by atoms with Crippen molar-refractivity contribution in [3.05, 3.63) is 27.7 Å². The summed E-state index contributed by atoms with van der Waals surface area (Å²) in [5.41, 5.74) is 7.16. The van der Waals surface area contributed by atoms with Crippen LogP contribution in [-0.2, 0) is 0 Å². The van der Waals surface area contributed by atoms with Gasteiger partial charge in [0.1, 0.15) is 0 Å². The van der Waals surface area contributed by atoms with Gasteiger partial charge in [-0.2, -0.15) is 0 Å². The third-order valence-corrected chi connectivity index (χ3v) is 5.86. The maximum atomic E-state index is 12.7. The van der Waals surface area contributed by atoms with Gasteiger partial charge in [-0.25, -0.2) is 0 Å². The maximum Gasteiger partial charge on any atom is 0.255 e. The van der Waals surface area contributed by atoms with E-state index in [1.165, 1.54) is 25.7 Å². The molecule has 3 rings (SSSR count). The van der Waals surface area contributed by atoms with Gasteiger partial charge in [0, 0.05) is 18.8 Å². The minimum absolute atomic E-state index is 0.0537. The number of carbonyl (C=O) groups is 1. The van der Waals surface area contributed by atoms with Crippen molar-refractivity contribution >= 4 is 34.8 Å². The number of anilines is 1. The van der Waals surface area contributed by atoms with E-state index in [2.05, 4.69) is 0 Å². The molecule has 114 valence electrons. The monoisotopic (exact) mass is 326 g/mol. The molecule has 0 aromatic heterocycles. The third kappa shape index (κ3) is 2.86. The van der Waals surface area contributed by atoms with Crippen LogP contribution in [0, 0.1) is 5.41 Å². The third-order valence-electron chi connectivity index (χ3n) is 5.06. The van der Waals surface area contributed by atoms with Crippen molar-refractivity contribution in [2.75, 3.05) is 18.8 Å². The SMILES string of the molecule is Nc1cc(Cl)c(Cl)c(C(=O)N2CCC3(CCCC3)CC2)c1. The second-order valence-electron chi connectivity index (χ2n) is 6.36. The molecule has 2 fully saturated rings. The van der Waals surface area contributed by atoms with E-state index in [-0.39, 0.29) is 5.91 Å². The molecule has 0 bridgehead atoms. The van der Waals surface area contributed by atoms with Gasteiger partial charge < -0.3 is 10.6 Å². The van der Waals surface area contributed by atoms with Crippen LogP contribution in [-0.4, -0.2) is 23.9 Å². The molecule has 1 heterocycles. The second kappa shape index (κ2) is 5.69. The Balaban J connectivity index is 1.75. The van der Waals surface area contributed by atoms with Crippen LogP contribution in [0.3, 0.4) is 0 Å². The van der Waals surface area contributed by atoms with Gasteiger partial charge >= 0.3 is 0 Å². The number of nitrogen functional groups attached to an aromatic ring is 1. The van der Waals surface area contributed by atoms with Crippen LogP contribution in [0.15, 0.2) is 12.1 Å². The molecule has 1 amide bonds. The zero-order chi connectivity index (χ0) is 15.0. The van der Waals surface area contributed by atoms with Crippen molar-refractivity contribution in [1.29, 1.82) is 0 Å². The fraction of sp³-hybridized carbons (Fsp3) is 0.562. The standard InChI is InChI=1S/C16H20Cl2N2O/c17-13-10-11(19)9-12(14(13)18)15(21)20-7-5-16(6-8-20)3-1-2-4-16/h9-10H,1-8,19H2. The number of piperidine rings is 1. The van der Waals surface area contributed by atoms with Crippen LogP contribution in [0.1, 0.15) is 48.9 Å². The number of halogens is 2. The van der Waals surface area contributed by atoms with Gasteiger partial charge in [0.05, 0.1) is 15.6 Å². The second-order valence-corrected chi connectivity index (χ2v) is 7.15. The van der Waals surface area contributed by atoms with Crippen LogP contribution in [0.5, 0.6) is 0 Å². The molecule has 2 aliphatic rings. The first-order chi connectivity index (χ1) is 10.0. The van der Waals surface area contributed by atoms with Crippen LogP contribution in [0.25, 0.3) is 0 Å². The highest BCUT2D eigenvalue weighted by Gasteiger charge is 2.38. The van der Waals surface area contributed by atoms with Crippen molar-refractivity contribution in [1.82, 2.24) is 4.90 Å². The molecule has 0 atom stereocenters. The predicted molar refractivity (Wildman–Crippen MR) is 86.9 cm³/mol. The normalized spacial score (nSPS) is 21.0. The summed E-state index contributed by atoms with van der Waals surface area (Å²) in [6.45, 7) is 1.61. The molecule has 3 nitrogen and oxygen atoms in total. The summed E-state index contributed by atoms with van der Waals surface area (Å²) in [7, 11) is 0. The number of rotatable bonds is 1. The highest BCUT2D eigenvalue weighted by Crippen LogP contribution is 2.46. The van der Waals surface area contributed by atoms with E-state index in [0.29, 0.717) is 26.7 Å². The van der Waals surface area contributed by atoms with Gasteiger partial charge in [0.25, 0.3) is 5.91 Å². The van der Waals surface area contributed by atoms with Crippen molar-refractivity contribution in [3.63, 3.8) is 0 Å². The minimum atomic E-state index is -0.0537. The number of nitrogens with zero attached hydrogens (tertiary/aromatic N) is 1. The van der Waals surface area contributed by atoms with E-state index in [4.69, 9.17) is 28.9 Å². The molecule has 21 heavy (non-hydrogen) atoms. The summed E-state index contributed by atoms with van der Waals surface area (Å²) in [4.78, 5) is 14.5. The molecule has 1 spiro atoms.